The molecule has 92 valence electrons. The second kappa shape index (κ2) is 6.36. The predicted molar refractivity (Wildman–Crippen MR) is 73.7 cm³/mol. The summed E-state index contributed by atoms with van der Waals surface area (Å²) in [5, 5.41) is 0. The lowest BCUT2D eigenvalue weighted by atomic mass is 9.92. The van der Waals surface area contributed by atoms with Crippen LogP contribution in [0, 0.1) is 0 Å². The number of rotatable bonds is 3. The van der Waals surface area contributed by atoms with Gasteiger partial charge < -0.3 is 9.47 Å². The monoisotopic (exact) mass is 336 g/mol. The Morgan fingerprint density at radius 2 is 2.06 bits per heavy atom. The molecule has 0 aromatic heterocycles. The zero-order valence-corrected chi connectivity index (χ0v) is 11.9. The smallest absolute Gasteiger partial charge is 0.168 e. The van der Waals surface area contributed by atoms with Crippen LogP contribution in [-0.2, 0) is 9.47 Å². The standard InChI is InChI=1S/C13H21IO2/c14-10-5-2-6-12-7-11-15-13(16-12)8-3-1-4-9-13/h5,10,12H,1-4,6-9,11H2/b10-5+/t12-/m0/s1. The van der Waals surface area contributed by atoms with Crippen molar-refractivity contribution in [3.8, 4) is 0 Å². The fourth-order valence-electron chi connectivity index (χ4n) is 2.67. The van der Waals surface area contributed by atoms with E-state index in [1.807, 2.05) is 0 Å². The van der Waals surface area contributed by atoms with Gasteiger partial charge in [0.1, 0.15) is 0 Å². The minimum atomic E-state index is -0.199. The maximum atomic E-state index is 6.20. The summed E-state index contributed by atoms with van der Waals surface area (Å²) in [4.78, 5) is 0. The van der Waals surface area contributed by atoms with Crippen LogP contribution in [0.4, 0.5) is 0 Å². The molecule has 1 heterocycles. The molecule has 0 radical (unpaired) electrons. The van der Waals surface area contributed by atoms with Gasteiger partial charge in [-0.15, -0.1) is 0 Å². The molecule has 1 atom stereocenters. The predicted octanol–water partition coefficient (Wildman–Crippen LogP) is 4.18. The highest BCUT2D eigenvalue weighted by Gasteiger charge is 2.39. The van der Waals surface area contributed by atoms with Gasteiger partial charge in [0, 0.05) is 12.8 Å². The second-order valence-corrected chi connectivity index (χ2v) is 5.51. The average Bonchev–Trinajstić information content (AvgIpc) is 2.31. The van der Waals surface area contributed by atoms with Gasteiger partial charge in [-0.3, -0.25) is 0 Å². The number of halogens is 1. The van der Waals surface area contributed by atoms with Gasteiger partial charge in [0.2, 0.25) is 0 Å². The van der Waals surface area contributed by atoms with E-state index in [0.29, 0.717) is 6.10 Å². The van der Waals surface area contributed by atoms with Crippen molar-refractivity contribution >= 4 is 22.6 Å². The first-order valence-corrected chi connectivity index (χ1v) is 7.66. The van der Waals surface area contributed by atoms with Gasteiger partial charge in [0.25, 0.3) is 0 Å². The summed E-state index contributed by atoms with van der Waals surface area (Å²) in [6, 6.07) is 0. The first-order valence-electron chi connectivity index (χ1n) is 6.42. The summed E-state index contributed by atoms with van der Waals surface area (Å²) in [6.45, 7) is 0.888. The van der Waals surface area contributed by atoms with Crippen molar-refractivity contribution in [2.24, 2.45) is 0 Å². The van der Waals surface area contributed by atoms with Gasteiger partial charge in [-0.25, -0.2) is 0 Å². The second-order valence-electron chi connectivity index (χ2n) is 4.79. The number of hydrogen-bond acceptors (Lipinski definition) is 2. The highest BCUT2D eigenvalue weighted by atomic mass is 127. The van der Waals surface area contributed by atoms with Crippen LogP contribution < -0.4 is 0 Å². The van der Waals surface area contributed by atoms with Crippen LogP contribution in [0.25, 0.3) is 0 Å². The van der Waals surface area contributed by atoms with Gasteiger partial charge in [0.15, 0.2) is 5.79 Å². The van der Waals surface area contributed by atoms with Crippen molar-refractivity contribution in [2.75, 3.05) is 6.61 Å². The van der Waals surface area contributed by atoms with E-state index in [1.165, 1.54) is 19.3 Å². The Kier molecular flexibility index (Phi) is 5.10. The van der Waals surface area contributed by atoms with Crippen molar-refractivity contribution in [1.29, 1.82) is 0 Å². The molecule has 0 aromatic carbocycles. The lowest BCUT2D eigenvalue weighted by Crippen LogP contribution is -2.45. The highest BCUT2D eigenvalue weighted by Crippen LogP contribution is 2.37. The Morgan fingerprint density at radius 3 is 2.81 bits per heavy atom. The van der Waals surface area contributed by atoms with Gasteiger partial charge in [-0.2, -0.15) is 0 Å². The molecule has 2 rings (SSSR count). The Morgan fingerprint density at radius 1 is 1.25 bits per heavy atom. The van der Waals surface area contributed by atoms with Crippen LogP contribution in [0.15, 0.2) is 10.2 Å². The Bertz CT molecular complexity index is 229. The minimum absolute atomic E-state index is 0.199. The Labute approximate surface area is 112 Å². The van der Waals surface area contributed by atoms with Crippen LogP contribution in [0.1, 0.15) is 51.4 Å². The van der Waals surface area contributed by atoms with Crippen LogP contribution in [-0.4, -0.2) is 18.5 Å². The molecule has 2 fully saturated rings. The first kappa shape index (κ1) is 12.8. The van der Waals surface area contributed by atoms with Gasteiger partial charge >= 0.3 is 0 Å². The molecule has 2 nitrogen and oxygen atoms in total. The van der Waals surface area contributed by atoms with Crippen molar-refractivity contribution in [2.45, 2.75) is 63.3 Å². The third-order valence-corrected chi connectivity index (χ3v) is 4.05. The van der Waals surface area contributed by atoms with E-state index in [1.54, 1.807) is 0 Å². The topological polar surface area (TPSA) is 18.5 Å². The quantitative estimate of drug-likeness (QED) is 0.720. The van der Waals surface area contributed by atoms with E-state index in [2.05, 4.69) is 32.7 Å². The van der Waals surface area contributed by atoms with Gasteiger partial charge in [-0.05, 0) is 36.2 Å². The molecule has 1 aliphatic carbocycles. The lowest BCUT2D eigenvalue weighted by molar-refractivity contribution is -0.305. The SMILES string of the molecule is I/C=C/CC[C@H]1CCOC2(CCCCC2)O1. The van der Waals surface area contributed by atoms with Crippen molar-refractivity contribution in [1.82, 2.24) is 0 Å². The van der Waals surface area contributed by atoms with Crippen molar-refractivity contribution in [3.05, 3.63) is 10.2 Å². The summed E-state index contributed by atoms with van der Waals surface area (Å²) < 4.78 is 14.2. The fraction of sp³-hybridized carbons (Fsp3) is 0.846. The molecule has 1 saturated carbocycles. The summed E-state index contributed by atoms with van der Waals surface area (Å²) >= 11 is 2.27. The third-order valence-electron chi connectivity index (χ3n) is 3.55. The zero-order chi connectivity index (χ0) is 11.3. The molecule has 0 bridgehead atoms. The van der Waals surface area contributed by atoms with Gasteiger partial charge in [-0.1, -0.05) is 35.1 Å². The van der Waals surface area contributed by atoms with E-state index >= 15 is 0 Å². The molecule has 16 heavy (non-hydrogen) atoms. The van der Waals surface area contributed by atoms with E-state index in [4.69, 9.17) is 9.47 Å². The van der Waals surface area contributed by atoms with Crippen molar-refractivity contribution in [3.63, 3.8) is 0 Å². The van der Waals surface area contributed by atoms with E-state index in [0.717, 1.165) is 38.7 Å². The van der Waals surface area contributed by atoms with Crippen LogP contribution in [0.2, 0.25) is 0 Å². The molecular formula is C13H21IO2. The Hall–Kier alpha value is 0.390. The molecule has 1 saturated heterocycles. The zero-order valence-electron chi connectivity index (χ0n) is 9.79. The minimum Gasteiger partial charge on any atom is -0.350 e. The maximum absolute atomic E-state index is 6.20. The number of hydrogen-bond donors (Lipinski definition) is 0. The molecule has 0 amide bonds. The summed E-state index contributed by atoms with van der Waals surface area (Å²) in [7, 11) is 0. The molecule has 0 aromatic rings. The number of ether oxygens (including phenoxy) is 2. The molecule has 1 aliphatic heterocycles. The third kappa shape index (κ3) is 3.44. The molecule has 0 N–H and O–H groups in total. The van der Waals surface area contributed by atoms with E-state index < -0.39 is 0 Å². The van der Waals surface area contributed by atoms with Crippen LogP contribution >= 0.6 is 22.6 Å². The summed E-state index contributed by atoms with van der Waals surface area (Å²) in [6.07, 6.45) is 12.0. The molecule has 3 heteroatoms. The number of allylic oxidation sites excluding steroid dienone is 1. The molecule has 1 spiro atoms. The lowest BCUT2D eigenvalue weighted by Gasteiger charge is -2.43. The van der Waals surface area contributed by atoms with Crippen LogP contribution in [0.5, 0.6) is 0 Å². The van der Waals surface area contributed by atoms with Crippen molar-refractivity contribution < 1.29 is 9.47 Å². The Balaban J connectivity index is 1.82. The van der Waals surface area contributed by atoms with E-state index in [9.17, 15) is 0 Å². The largest absolute Gasteiger partial charge is 0.350 e. The van der Waals surface area contributed by atoms with Crippen LogP contribution in [0.3, 0.4) is 0 Å². The summed E-state index contributed by atoms with van der Waals surface area (Å²) in [5.74, 6) is -0.199. The normalized spacial score (nSPS) is 29.9. The first-order chi connectivity index (χ1) is 7.85. The van der Waals surface area contributed by atoms with E-state index in [-0.39, 0.29) is 5.79 Å². The fourth-order valence-corrected chi connectivity index (χ4v) is 3.03. The molecular weight excluding hydrogens is 315 g/mol. The highest BCUT2D eigenvalue weighted by molar-refractivity contribution is 14.1. The molecule has 0 unspecified atom stereocenters. The van der Waals surface area contributed by atoms with Gasteiger partial charge in [0.05, 0.1) is 12.7 Å². The average molecular weight is 336 g/mol. The maximum Gasteiger partial charge on any atom is 0.168 e. The summed E-state index contributed by atoms with van der Waals surface area (Å²) in [5.41, 5.74) is 0. The molecule has 2 aliphatic rings.